The number of aliphatic hydroxyl groups is 1. The third-order valence-corrected chi connectivity index (χ3v) is 1.50. The summed E-state index contributed by atoms with van der Waals surface area (Å²) in [5.41, 5.74) is 0. The van der Waals surface area contributed by atoms with E-state index in [0.29, 0.717) is 5.82 Å². The summed E-state index contributed by atoms with van der Waals surface area (Å²) in [4.78, 5) is 4.00. The molecule has 0 aliphatic carbocycles. The first-order valence-electron chi connectivity index (χ1n) is 3.54. The molecule has 0 radical (unpaired) electrons. The SMILES string of the molecule is C/C=C/C(O)c1nccn1C. The van der Waals surface area contributed by atoms with Gasteiger partial charge in [-0.3, -0.25) is 0 Å². The van der Waals surface area contributed by atoms with Crippen LogP contribution in [0.3, 0.4) is 0 Å². The largest absolute Gasteiger partial charge is 0.381 e. The standard InChI is InChI=1S/C8H12N2O/c1-3-4-7(11)8-9-5-6-10(8)2/h3-7,11H,1-2H3/b4-3+. The Hall–Kier alpha value is -1.09. The van der Waals surface area contributed by atoms with E-state index >= 15 is 0 Å². The number of aliphatic hydroxyl groups excluding tert-OH is 1. The second kappa shape index (κ2) is 3.34. The minimum absolute atomic E-state index is 0.583. The van der Waals surface area contributed by atoms with Crippen molar-refractivity contribution < 1.29 is 5.11 Å². The van der Waals surface area contributed by atoms with Crippen LogP contribution < -0.4 is 0 Å². The van der Waals surface area contributed by atoms with Crippen molar-refractivity contribution in [2.45, 2.75) is 13.0 Å². The van der Waals surface area contributed by atoms with Gasteiger partial charge in [0.15, 0.2) is 0 Å². The van der Waals surface area contributed by atoms with Crippen LogP contribution in [0.2, 0.25) is 0 Å². The fourth-order valence-corrected chi connectivity index (χ4v) is 0.930. The highest BCUT2D eigenvalue weighted by atomic mass is 16.3. The Balaban J connectivity index is 2.83. The van der Waals surface area contributed by atoms with Crippen molar-refractivity contribution in [1.82, 2.24) is 9.55 Å². The van der Waals surface area contributed by atoms with E-state index in [1.54, 1.807) is 22.9 Å². The Morgan fingerprint density at radius 3 is 2.91 bits per heavy atom. The van der Waals surface area contributed by atoms with Crippen molar-refractivity contribution in [2.24, 2.45) is 7.05 Å². The first-order valence-corrected chi connectivity index (χ1v) is 3.54. The number of nitrogens with zero attached hydrogens (tertiary/aromatic N) is 2. The highest BCUT2D eigenvalue weighted by molar-refractivity contribution is 5.03. The molecular formula is C8H12N2O. The van der Waals surface area contributed by atoms with Crippen LogP contribution in [0.4, 0.5) is 0 Å². The van der Waals surface area contributed by atoms with Gasteiger partial charge < -0.3 is 9.67 Å². The Morgan fingerprint density at radius 1 is 1.73 bits per heavy atom. The molecule has 0 aromatic carbocycles. The molecular weight excluding hydrogens is 140 g/mol. The van der Waals surface area contributed by atoms with Crippen molar-refractivity contribution in [3.63, 3.8) is 0 Å². The van der Waals surface area contributed by atoms with Crippen LogP contribution in [0.25, 0.3) is 0 Å². The lowest BCUT2D eigenvalue weighted by Crippen LogP contribution is -2.02. The van der Waals surface area contributed by atoms with E-state index < -0.39 is 6.10 Å². The minimum atomic E-state index is -0.583. The van der Waals surface area contributed by atoms with E-state index in [9.17, 15) is 5.11 Å². The number of hydrogen-bond donors (Lipinski definition) is 1. The molecule has 1 rings (SSSR count). The lowest BCUT2D eigenvalue weighted by atomic mass is 10.3. The number of aryl methyl sites for hydroxylation is 1. The molecule has 1 unspecified atom stereocenters. The third-order valence-electron chi connectivity index (χ3n) is 1.50. The molecule has 0 bridgehead atoms. The molecule has 0 aliphatic rings. The predicted molar refractivity (Wildman–Crippen MR) is 43.0 cm³/mol. The average Bonchev–Trinajstić information content (AvgIpc) is 2.36. The summed E-state index contributed by atoms with van der Waals surface area (Å²) in [5, 5.41) is 9.42. The maximum atomic E-state index is 9.42. The molecule has 0 amide bonds. The van der Waals surface area contributed by atoms with Crippen LogP contribution in [0.1, 0.15) is 18.9 Å². The van der Waals surface area contributed by atoms with Crippen molar-refractivity contribution in [2.75, 3.05) is 0 Å². The van der Waals surface area contributed by atoms with Gasteiger partial charge in [0, 0.05) is 19.4 Å². The normalized spacial score (nSPS) is 14.1. The van der Waals surface area contributed by atoms with Crippen molar-refractivity contribution in [3.05, 3.63) is 30.4 Å². The molecule has 0 fully saturated rings. The molecule has 0 spiro atoms. The van der Waals surface area contributed by atoms with Gasteiger partial charge in [-0.1, -0.05) is 12.2 Å². The quantitative estimate of drug-likeness (QED) is 0.643. The molecule has 0 saturated heterocycles. The fraction of sp³-hybridized carbons (Fsp3) is 0.375. The Labute approximate surface area is 66.0 Å². The zero-order valence-electron chi connectivity index (χ0n) is 6.73. The van der Waals surface area contributed by atoms with E-state index in [4.69, 9.17) is 0 Å². The van der Waals surface area contributed by atoms with Gasteiger partial charge in [0.25, 0.3) is 0 Å². The number of imidazole rings is 1. The highest BCUT2D eigenvalue weighted by Gasteiger charge is 2.06. The summed E-state index contributed by atoms with van der Waals surface area (Å²) in [6, 6.07) is 0. The minimum Gasteiger partial charge on any atom is -0.381 e. The molecule has 1 aromatic heterocycles. The van der Waals surface area contributed by atoms with Crippen molar-refractivity contribution in [3.8, 4) is 0 Å². The van der Waals surface area contributed by atoms with Gasteiger partial charge in [0.05, 0.1) is 0 Å². The lowest BCUT2D eigenvalue weighted by molar-refractivity contribution is 0.214. The maximum Gasteiger partial charge on any atom is 0.141 e. The van der Waals surface area contributed by atoms with E-state index in [-0.39, 0.29) is 0 Å². The van der Waals surface area contributed by atoms with Gasteiger partial charge >= 0.3 is 0 Å². The molecule has 1 aromatic rings. The smallest absolute Gasteiger partial charge is 0.141 e. The molecule has 1 N–H and O–H groups in total. The second-order valence-electron chi connectivity index (χ2n) is 2.37. The van der Waals surface area contributed by atoms with Gasteiger partial charge in [-0.25, -0.2) is 4.98 Å². The van der Waals surface area contributed by atoms with E-state index in [1.165, 1.54) is 0 Å². The summed E-state index contributed by atoms with van der Waals surface area (Å²) in [7, 11) is 1.86. The van der Waals surface area contributed by atoms with Gasteiger partial charge in [0.1, 0.15) is 11.9 Å². The lowest BCUT2D eigenvalue weighted by Gasteiger charge is -2.03. The second-order valence-corrected chi connectivity index (χ2v) is 2.37. The average molecular weight is 152 g/mol. The van der Waals surface area contributed by atoms with Crippen LogP contribution in [0, 0.1) is 0 Å². The van der Waals surface area contributed by atoms with Crippen molar-refractivity contribution in [1.29, 1.82) is 0 Å². The summed E-state index contributed by atoms with van der Waals surface area (Å²) in [6.07, 6.45) is 6.39. The first kappa shape index (κ1) is 8.01. The van der Waals surface area contributed by atoms with Crippen LogP contribution >= 0.6 is 0 Å². The Kier molecular flexibility index (Phi) is 2.44. The van der Waals surface area contributed by atoms with Crippen molar-refractivity contribution >= 4 is 0 Å². The molecule has 0 saturated carbocycles. The number of hydrogen-bond acceptors (Lipinski definition) is 2. The van der Waals surface area contributed by atoms with Crippen LogP contribution in [-0.4, -0.2) is 14.7 Å². The summed E-state index contributed by atoms with van der Waals surface area (Å²) in [6.45, 7) is 1.87. The summed E-state index contributed by atoms with van der Waals surface area (Å²) < 4.78 is 1.80. The zero-order chi connectivity index (χ0) is 8.27. The maximum absolute atomic E-state index is 9.42. The van der Waals surface area contributed by atoms with Gasteiger partial charge in [-0.2, -0.15) is 0 Å². The number of rotatable bonds is 2. The zero-order valence-corrected chi connectivity index (χ0v) is 6.73. The van der Waals surface area contributed by atoms with Crippen LogP contribution in [-0.2, 0) is 7.05 Å². The summed E-state index contributed by atoms with van der Waals surface area (Å²) in [5.74, 6) is 0.670. The van der Waals surface area contributed by atoms with E-state index in [2.05, 4.69) is 4.98 Å². The topological polar surface area (TPSA) is 38.1 Å². The molecule has 0 aliphatic heterocycles. The van der Waals surface area contributed by atoms with Gasteiger partial charge in [0.2, 0.25) is 0 Å². The van der Waals surface area contributed by atoms with Gasteiger partial charge in [-0.05, 0) is 6.92 Å². The third kappa shape index (κ3) is 1.68. The number of aromatic nitrogens is 2. The molecule has 60 valence electrons. The fourth-order valence-electron chi connectivity index (χ4n) is 0.930. The van der Waals surface area contributed by atoms with E-state index in [1.807, 2.05) is 20.2 Å². The Bertz CT molecular complexity index is 252. The van der Waals surface area contributed by atoms with Crippen LogP contribution in [0.5, 0.6) is 0 Å². The molecule has 3 heteroatoms. The first-order chi connectivity index (χ1) is 5.25. The molecule has 11 heavy (non-hydrogen) atoms. The van der Waals surface area contributed by atoms with Crippen LogP contribution in [0.15, 0.2) is 24.5 Å². The Morgan fingerprint density at radius 2 is 2.45 bits per heavy atom. The predicted octanol–water partition coefficient (Wildman–Crippen LogP) is 1.03. The highest BCUT2D eigenvalue weighted by Crippen LogP contribution is 2.09. The summed E-state index contributed by atoms with van der Waals surface area (Å²) >= 11 is 0. The van der Waals surface area contributed by atoms with Gasteiger partial charge in [-0.15, -0.1) is 0 Å². The molecule has 3 nitrogen and oxygen atoms in total. The molecule has 1 heterocycles. The van der Waals surface area contributed by atoms with E-state index in [0.717, 1.165) is 0 Å². The number of allylic oxidation sites excluding steroid dienone is 1. The monoisotopic (exact) mass is 152 g/mol. The molecule has 1 atom stereocenters.